The molecule has 0 aromatic heterocycles. The summed E-state index contributed by atoms with van der Waals surface area (Å²) in [5, 5.41) is 2.99. The van der Waals surface area contributed by atoms with Crippen LogP contribution in [0, 0.1) is 13.8 Å². The van der Waals surface area contributed by atoms with Gasteiger partial charge in [0, 0.05) is 17.1 Å². The van der Waals surface area contributed by atoms with E-state index in [0.29, 0.717) is 16.6 Å². The van der Waals surface area contributed by atoms with Crippen molar-refractivity contribution in [2.24, 2.45) is 0 Å². The van der Waals surface area contributed by atoms with Gasteiger partial charge in [0.2, 0.25) is 11.8 Å². The van der Waals surface area contributed by atoms with Crippen LogP contribution < -0.4 is 9.62 Å². The Bertz CT molecular complexity index is 1410. The molecule has 0 aliphatic carbocycles. The number of nitrogens with zero attached hydrogens (tertiary/aromatic N) is 2. The van der Waals surface area contributed by atoms with Gasteiger partial charge in [0.15, 0.2) is 0 Å². The second kappa shape index (κ2) is 13.9. The van der Waals surface area contributed by atoms with E-state index in [2.05, 4.69) is 21.2 Å². The van der Waals surface area contributed by atoms with Gasteiger partial charge in [-0.05, 0) is 69.5 Å². The SMILES string of the molecule is CC[C@H](C(=O)N[C@@H](C)CC)N(Cc1ccc(C)cc1)C(=O)CN(c1cccc(Br)c1)S(=O)(=O)c1ccc(C)cc1. The number of carbonyl (C=O) groups excluding carboxylic acids is 2. The summed E-state index contributed by atoms with van der Waals surface area (Å²) in [6.45, 7) is 9.31. The Morgan fingerprint density at radius 1 is 0.900 bits per heavy atom. The molecule has 7 nitrogen and oxygen atoms in total. The molecule has 0 bridgehead atoms. The Labute approximate surface area is 246 Å². The highest BCUT2D eigenvalue weighted by Gasteiger charge is 2.34. The molecule has 9 heteroatoms. The van der Waals surface area contributed by atoms with E-state index in [1.165, 1.54) is 4.90 Å². The van der Waals surface area contributed by atoms with Crippen LogP contribution in [0.2, 0.25) is 0 Å². The molecule has 0 heterocycles. The van der Waals surface area contributed by atoms with Gasteiger partial charge in [-0.3, -0.25) is 13.9 Å². The third-order valence-electron chi connectivity index (χ3n) is 6.84. The molecule has 0 aliphatic rings. The molecule has 40 heavy (non-hydrogen) atoms. The van der Waals surface area contributed by atoms with E-state index in [1.54, 1.807) is 48.5 Å². The zero-order valence-electron chi connectivity index (χ0n) is 23.7. The number of rotatable bonds is 12. The third kappa shape index (κ3) is 7.95. The fourth-order valence-electron chi connectivity index (χ4n) is 4.25. The second-order valence-electron chi connectivity index (χ2n) is 10.1. The highest BCUT2D eigenvalue weighted by atomic mass is 79.9. The first-order chi connectivity index (χ1) is 19.0. The van der Waals surface area contributed by atoms with E-state index in [-0.39, 0.29) is 23.4 Å². The maximum absolute atomic E-state index is 14.1. The molecule has 0 saturated carbocycles. The van der Waals surface area contributed by atoms with Crippen LogP contribution in [0.25, 0.3) is 0 Å². The first kappa shape index (κ1) is 31.4. The first-order valence-electron chi connectivity index (χ1n) is 13.5. The molecular weight excluding hydrogens is 590 g/mol. The molecular formula is C31H38BrN3O4S. The minimum Gasteiger partial charge on any atom is -0.352 e. The van der Waals surface area contributed by atoms with Crippen LogP contribution in [0.5, 0.6) is 0 Å². The number of benzene rings is 3. The van der Waals surface area contributed by atoms with Crippen LogP contribution in [-0.4, -0.2) is 43.8 Å². The van der Waals surface area contributed by atoms with Crippen molar-refractivity contribution >= 4 is 43.5 Å². The molecule has 0 fully saturated rings. The summed E-state index contributed by atoms with van der Waals surface area (Å²) in [6.07, 6.45) is 1.13. The van der Waals surface area contributed by atoms with Gasteiger partial charge in [-0.15, -0.1) is 0 Å². The maximum Gasteiger partial charge on any atom is 0.264 e. The van der Waals surface area contributed by atoms with Crippen LogP contribution in [-0.2, 0) is 26.2 Å². The molecule has 3 aromatic carbocycles. The molecule has 3 aromatic rings. The Morgan fingerprint density at radius 2 is 1.50 bits per heavy atom. The smallest absolute Gasteiger partial charge is 0.264 e. The summed E-state index contributed by atoms with van der Waals surface area (Å²) in [5.41, 5.74) is 3.19. The largest absolute Gasteiger partial charge is 0.352 e. The Balaban J connectivity index is 2.05. The van der Waals surface area contributed by atoms with Crippen LogP contribution in [0.15, 0.2) is 82.2 Å². The molecule has 2 amide bonds. The molecule has 0 saturated heterocycles. The monoisotopic (exact) mass is 627 g/mol. The van der Waals surface area contributed by atoms with Gasteiger partial charge in [0.25, 0.3) is 10.0 Å². The molecule has 0 radical (unpaired) electrons. The summed E-state index contributed by atoms with van der Waals surface area (Å²) in [4.78, 5) is 29.0. The predicted octanol–water partition coefficient (Wildman–Crippen LogP) is 5.98. The lowest BCUT2D eigenvalue weighted by atomic mass is 10.1. The lowest BCUT2D eigenvalue weighted by Crippen LogP contribution is -2.53. The van der Waals surface area contributed by atoms with Gasteiger partial charge in [-0.1, -0.05) is 83.4 Å². The van der Waals surface area contributed by atoms with Gasteiger partial charge in [0.05, 0.1) is 10.6 Å². The number of sulfonamides is 1. The van der Waals surface area contributed by atoms with Crippen LogP contribution >= 0.6 is 15.9 Å². The quantitative estimate of drug-likeness (QED) is 0.267. The van der Waals surface area contributed by atoms with Crippen molar-refractivity contribution in [2.45, 2.75) is 71.0 Å². The molecule has 214 valence electrons. The molecule has 3 rings (SSSR count). The van der Waals surface area contributed by atoms with Crippen molar-refractivity contribution in [1.82, 2.24) is 10.2 Å². The van der Waals surface area contributed by atoms with Gasteiger partial charge in [-0.2, -0.15) is 0 Å². The van der Waals surface area contributed by atoms with Crippen molar-refractivity contribution in [3.05, 3.63) is 94.0 Å². The normalized spacial score (nSPS) is 12.8. The standard InChI is InChI=1S/C31H38BrN3O4S/c1-6-24(5)33-31(37)29(7-2)34(20-25-15-11-22(3)12-16-25)30(36)21-35(27-10-8-9-26(32)19-27)40(38,39)28-17-13-23(4)14-18-28/h8-19,24,29H,6-7,20-21H2,1-5H3,(H,33,37)/t24-,29+/m0/s1. The zero-order chi connectivity index (χ0) is 29.4. The molecule has 0 aliphatic heterocycles. The van der Waals surface area contributed by atoms with Gasteiger partial charge in [-0.25, -0.2) is 8.42 Å². The van der Waals surface area contributed by atoms with Crippen molar-refractivity contribution < 1.29 is 18.0 Å². The lowest BCUT2D eigenvalue weighted by Gasteiger charge is -2.33. The number of hydrogen-bond donors (Lipinski definition) is 1. The van der Waals surface area contributed by atoms with E-state index in [4.69, 9.17) is 0 Å². The van der Waals surface area contributed by atoms with E-state index < -0.39 is 28.5 Å². The van der Waals surface area contributed by atoms with Crippen LogP contribution in [0.1, 0.15) is 50.3 Å². The highest BCUT2D eigenvalue weighted by molar-refractivity contribution is 9.10. The summed E-state index contributed by atoms with van der Waals surface area (Å²) < 4.78 is 29.7. The van der Waals surface area contributed by atoms with E-state index in [9.17, 15) is 18.0 Å². The number of anilines is 1. The fourth-order valence-corrected chi connectivity index (χ4v) is 6.04. The summed E-state index contributed by atoms with van der Waals surface area (Å²) in [5.74, 6) is -0.727. The van der Waals surface area contributed by atoms with Gasteiger partial charge < -0.3 is 10.2 Å². The minimum absolute atomic E-state index is 0.0574. The third-order valence-corrected chi connectivity index (χ3v) is 9.13. The molecule has 0 unspecified atom stereocenters. The van der Waals surface area contributed by atoms with Crippen molar-refractivity contribution in [2.75, 3.05) is 10.8 Å². The topological polar surface area (TPSA) is 86.8 Å². The Hall–Kier alpha value is -3.17. The number of nitrogens with one attached hydrogen (secondary N) is 1. The summed E-state index contributed by atoms with van der Waals surface area (Å²) >= 11 is 3.42. The molecule has 2 atom stereocenters. The Morgan fingerprint density at radius 3 is 2.05 bits per heavy atom. The minimum atomic E-state index is -4.11. The molecule has 0 spiro atoms. The summed E-state index contributed by atoms with van der Waals surface area (Å²) in [7, 11) is -4.11. The zero-order valence-corrected chi connectivity index (χ0v) is 26.1. The van der Waals surface area contributed by atoms with E-state index >= 15 is 0 Å². The number of hydrogen-bond acceptors (Lipinski definition) is 4. The first-order valence-corrected chi connectivity index (χ1v) is 15.7. The number of carbonyl (C=O) groups is 2. The van der Waals surface area contributed by atoms with Crippen LogP contribution in [0.4, 0.5) is 5.69 Å². The Kier molecular flexibility index (Phi) is 10.9. The fraction of sp³-hybridized carbons (Fsp3) is 0.355. The maximum atomic E-state index is 14.1. The number of amides is 2. The second-order valence-corrected chi connectivity index (χ2v) is 12.8. The average molecular weight is 629 g/mol. The number of aryl methyl sites for hydroxylation is 2. The van der Waals surface area contributed by atoms with Crippen molar-refractivity contribution in [3.8, 4) is 0 Å². The van der Waals surface area contributed by atoms with Gasteiger partial charge in [0.1, 0.15) is 12.6 Å². The number of halogens is 1. The van der Waals surface area contributed by atoms with E-state index in [0.717, 1.165) is 27.4 Å². The van der Waals surface area contributed by atoms with Crippen molar-refractivity contribution in [3.63, 3.8) is 0 Å². The highest BCUT2D eigenvalue weighted by Crippen LogP contribution is 2.27. The lowest BCUT2D eigenvalue weighted by molar-refractivity contribution is -0.140. The summed E-state index contributed by atoms with van der Waals surface area (Å²) in [6, 6.07) is 20.3. The predicted molar refractivity (Wildman–Crippen MR) is 164 cm³/mol. The van der Waals surface area contributed by atoms with Crippen LogP contribution in [0.3, 0.4) is 0 Å². The molecule has 1 N–H and O–H groups in total. The van der Waals surface area contributed by atoms with Gasteiger partial charge >= 0.3 is 0 Å². The van der Waals surface area contributed by atoms with Crippen molar-refractivity contribution in [1.29, 1.82) is 0 Å². The average Bonchev–Trinajstić information content (AvgIpc) is 2.92. The van der Waals surface area contributed by atoms with E-state index in [1.807, 2.05) is 58.9 Å².